The lowest BCUT2D eigenvalue weighted by Crippen LogP contribution is -2.38. The van der Waals surface area contributed by atoms with Gasteiger partial charge < -0.3 is 9.64 Å². The van der Waals surface area contributed by atoms with Crippen LogP contribution < -0.4 is 10.4 Å². The number of methoxy groups -OCH3 is 1. The molecule has 3 aromatic rings. The summed E-state index contributed by atoms with van der Waals surface area (Å²) in [6.45, 7) is 1.30. The highest BCUT2D eigenvalue weighted by Crippen LogP contribution is 2.21. The molecular formula is C17H18N6O3. The van der Waals surface area contributed by atoms with Gasteiger partial charge in [0.1, 0.15) is 11.3 Å². The summed E-state index contributed by atoms with van der Waals surface area (Å²) in [6, 6.07) is 1.41. The van der Waals surface area contributed by atoms with Gasteiger partial charge in [0.2, 0.25) is 0 Å². The summed E-state index contributed by atoms with van der Waals surface area (Å²) < 4.78 is 7.69. The first-order chi connectivity index (χ1) is 12.6. The van der Waals surface area contributed by atoms with E-state index < -0.39 is 5.69 Å². The van der Waals surface area contributed by atoms with Crippen molar-refractivity contribution in [3.8, 4) is 17.1 Å². The molecule has 1 saturated heterocycles. The Labute approximate surface area is 148 Å². The van der Waals surface area contributed by atoms with E-state index in [2.05, 4.69) is 15.0 Å². The largest absolute Gasteiger partial charge is 0.495 e. The van der Waals surface area contributed by atoms with Crippen molar-refractivity contribution in [2.24, 2.45) is 7.05 Å². The zero-order valence-corrected chi connectivity index (χ0v) is 14.5. The molecule has 9 nitrogen and oxygen atoms in total. The van der Waals surface area contributed by atoms with E-state index in [0.717, 1.165) is 17.4 Å². The second kappa shape index (κ2) is 6.25. The first-order valence-electron chi connectivity index (χ1n) is 8.33. The predicted molar refractivity (Wildman–Crippen MR) is 94.2 cm³/mol. The molecule has 1 aliphatic rings. The Kier molecular flexibility index (Phi) is 3.90. The van der Waals surface area contributed by atoms with Gasteiger partial charge in [0, 0.05) is 31.9 Å². The Balaban J connectivity index is 1.88. The van der Waals surface area contributed by atoms with E-state index in [0.29, 0.717) is 41.4 Å². The molecule has 134 valence electrons. The third-order valence-electron chi connectivity index (χ3n) is 4.58. The number of amides is 1. The van der Waals surface area contributed by atoms with Gasteiger partial charge in [-0.15, -0.1) is 0 Å². The first-order valence-corrected chi connectivity index (χ1v) is 8.33. The molecule has 26 heavy (non-hydrogen) atoms. The molecule has 0 saturated carbocycles. The van der Waals surface area contributed by atoms with E-state index in [9.17, 15) is 9.59 Å². The number of likely N-dealkylation sites (tertiary alicyclic amines) is 1. The molecule has 4 heterocycles. The van der Waals surface area contributed by atoms with Gasteiger partial charge in [-0.2, -0.15) is 4.57 Å². The normalized spacial score (nSPS) is 14.2. The fraction of sp³-hybridized carbons (Fsp3) is 0.353. The van der Waals surface area contributed by atoms with E-state index in [1.54, 1.807) is 43.7 Å². The molecule has 0 radical (unpaired) electrons. The second-order valence-corrected chi connectivity index (χ2v) is 6.17. The van der Waals surface area contributed by atoms with Crippen LogP contribution in [0.2, 0.25) is 0 Å². The Bertz CT molecular complexity index is 1050. The minimum atomic E-state index is -0.424. The SMILES string of the molecule is COc1cncc(-c2ncc3c(n2)n(C(=O)N2CCCC2)c(=O)n3C)c1. The summed E-state index contributed by atoms with van der Waals surface area (Å²) in [4.78, 5) is 40.0. The monoisotopic (exact) mass is 354 g/mol. The van der Waals surface area contributed by atoms with Crippen LogP contribution in [0.25, 0.3) is 22.6 Å². The number of hydrogen-bond acceptors (Lipinski definition) is 6. The number of aromatic nitrogens is 5. The molecule has 0 bridgehead atoms. The van der Waals surface area contributed by atoms with E-state index in [1.165, 1.54) is 4.57 Å². The molecule has 0 unspecified atom stereocenters. The van der Waals surface area contributed by atoms with Crippen LogP contribution in [0.15, 0.2) is 29.5 Å². The van der Waals surface area contributed by atoms with Crippen molar-refractivity contribution in [2.75, 3.05) is 20.2 Å². The van der Waals surface area contributed by atoms with E-state index in [-0.39, 0.29) is 6.03 Å². The second-order valence-electron chi connectivity index (χ2n) is 6.17. The van der Waals surface area contributed by atoms with Crippen molar-refractivity contribution >= 4 is 17.2 Å². The fourth-order valence-corrected chi connectivity index (χ4v) is 3.13. The lowest BCUT2D eigenvalue weighted by molar-refractivity contribution is 0.210. The smallest absolute Gasteiger partial charge is 0.338 e. The molecule has 0 atom stereocenters. The lowest BCUT2D eigenvalue weighted by atomic mass is 10.2. The summed E-state index contributed by atoms with van der Waals surface area (Å²) in [5.41, 5.74) is 1.01. The van der Waals surface area contributed by atoms with Crippen molar-refractivity contribution < 1.29 is 9.53 Å². The maximum atomic E-state index is 12.8. The molecule has 3 aromatic heterocycles. The van der Waals surface area contributed by atoms with Crippen LogP contribution >= 0.6 is 0 Å². The number of fused-ring (bicyclic) bond motifs is 1. The quantitative estimate of drug-likeness (QED) is 0.688. The number of pyridine rings is 1. The number of aryl methyl sites for hydroxylation is 1. The van der Waals surface area contributed by atoms with Crippen LogP contribution in [-0.2, 0) is 7.05 Å². The average Bonchev–Trinajstić information content (AvgIpc) is 3.29. The highest BCUT2D eigenvalue weighted by atomic mass is 16.5. The molecule has 1 fully saturated rings. The van der Waals surface area contributed by atoms with Crippen LogP contribution in [0, 0.1) is 0 Å². The minimum absolute atomic E-state index is 0.294. The average molecular weight is 354 g/mol. The third-order valence-corrected chi connectivity index (χ3v) is 4.58. The van der Waals surface area contributed by atoms with Crippen LogP contribution in [0.3, 0.4) is 0 Å². The molecule has 1 aliphatic heterocycles. The van der Waals surface area contributed by atoms with E-state index >= 15 is 0 Å². The molecule has 0 spiro atoms. The molecule has 1 amide bonds. The summed E-state index contributed by atoms with van der Waals surface area (Å²) in [5.74, 6) is 0.947. The van der Waals surface area contributed by atoms with Gasteiger partial charge in [0.25, 0.3) is 0 Å². The molecular weight excluding hydrogens is 336 g/mol. The Morgan fingerprint density at radius 2 is 1.96 bits per heavy atom. The Hall–Kier alpha value is -3.23. The third kappa shape index (κ3) is 2.52. The molecule has 4 rings (SSSR count). The fourth-order valence-electron chi connectivity index (χ4n) is 3.13. The number of carbonyl (C=O) groups excluding carboxylic acids is 1. The van der Waals surface area contributed by atoms with Crippen LogP contribution in [0.4, 0.5) is 4.79 Å². The number of nitrogens with zero attached hydrogens (tertiary/aromatic N) is 6. The summed E-state index contributed by atoms with van der Waals surface area (Å²) in [7, 11) is 3.16. The number of imidazole rings is 1. The minimum Gasteiger partial charge on any atom is -0.495 e. The van der Waals surface area contributed by atoms with Gasteiger partial charge in [-0.3, -0.25) is 9.55 Å². The van der Waals surface area contributed by atoms with Gasteiger partial charge in [0.05, 0.1) is 19.5 Å². The van der Waals surface area contributed by atoms with Crippen LogP contribution in [-0.4, -0.2) is 55.2 Å². The number of ether oxygens (including phenoxy) is 1. The van der Waals surface area contributed by atoms with Crippen molar-refractivity contribution in [1.29, 1.82) is 0 Å². The summed E-state index contributed by atoms with van der Waals surface area (Å²) >= 11 is 0. The van der Waals surface area contributed by atoms with Crippen LogP contribution in [0.1, 0.15) is 12.8 Å². The van der Waals surface area contributed by atoms with Gasteiger partial charge >= 0.3 is 11.7 Å². The van der Waals surface area contributed by atoms with Gasteiger partial charge in [-0.25, -0.2) is 19.6 Å². The highest BCUT2D eigenvalue weighted by Gasteiger charge is 2.25. The van der Waals surface area contributed by atoms with E-state index in [4.69, 9.17) is 4.74 Å². The van der Waals surface area contributed by atoms with Gasteiger partial charge in [0.15, 0.2) is 11.5 Å². The van der Waals surface area contributed by atoms with E-state index in [1.807, 2.05) is 0 Å². The van der Waals surface area contributed by atoms with Crippen molar-refractivity contribution in [3.63, 3.8) is 0 Å². The Morgan fingerprint density at radius 1 is 1.19 bits per heavy atom. The first kappa shape index (κ1) is 16.2. The summed E-state index contributed by atoms with van der Waals surface area (Å²) in [6.07, 6.45) is 6.63. The number of carbonyl (C=O) groups is 1. The summed E-state index contributed by atoms with van der Waals surface area (Å²) in [5, 5.41) is 0. The maximum absolute atomic E-state index is 12.8. The Morgan fingerprint density at radius 3 is 2.69 bits per heavy atom. The topological polar surface area (TPSA) is 95.1 Å². The molecule has 9 heteroatoms. The highest BCUT2D eigenvalue weighted by molar-refractivity contribution is 5.87. The van der Waals surface area contributed by atoms with Crippen LogP contribution in [0.5, 0.6) is 5.75 Å². The molecule has 0 N–H and O–H groups in total. The number of rotatable bonds is 2. The number of hydrogen-bond donors (Lipinski definition) is 0. The maximum Gasteiger partial charge on any atom is 0.338 e. The zero-order valence-electron chi connectivity index (χ0n) is 14.5. The zero-order chi connectivity index (χ0) is 18.3. The van der Waals surface area contributed by atoms with Gasteiger partial charge in [-0.1, -0.05) is 0 Å². The lowest BCUT2D eigenvalue weighted by Gasteiger charge is -2.14. The molecule has 0 aliphatic carbocycles. The van der Waals surface area contributed by atoms with Gasteiger partial charge in [-0.05, 0) is 18.9 Å². The van der Waals surface area contributed by atoms with Crippen molar-refractivity contribution in [3.05, 3.63) is 35.1 Å². The standard InChI is InChI=1S/C17H18N6O3/c1-21-13-10-19-14(11-7-12(26-2)9-18-8-11)20-15(13)23(16(21)24)17(25)22-5-3-4-6-22/h7-10H,3-6H2,1-2H3. The van der Waals surface area contributed by atoms with Crippen molar-refractivity contribution in [1.82, 2.24) is 29.0 Å². The van der Waals surface area contributed by atoms with Crippen molar-refractivity contribution in [2.45, 2.75) is 12.8 Å². The predicted octanol–water partition coefficient (Wildman–Crippen LogP) is 1.26. The molecule has 0 aromatic carbocycles.